The Labute approximate surface area is 217 Å². The van der Waals surface area contributed by atoms with Gasteiger partial charge in [-0.1, -0.05) is 90.9 Å². The van der Waals surface area contributed by atoms with Gasteiger partial charge < -0.3 is 24.9 Å². The van der Waals surface area contributed by atoms with E-state index in [4.69, 9.17) is 5.11 Å². The molecule has 28 heavy (non-hydrogen) atoms. The molecule has 0 aliphatic carbocycles. The standard InChI is InChI=1S/C18H36O2.C3H6O3.2Na/c1-3-5-7-9-10-12-14-16-17(18(19)20)15-13-11-8-6-4-2;1-2(4)3(5)6;;/h17H,3-16H2,1-2H3,(H,19,20);2,4H,1H3,(H,5,6);;/q;;2*+1/p-2. The number of rotatable bonds is 16. The summed E-state index contributed by atoms with van der Waals surface area (Å²) in [5.74, 6) is -2.46. The molecular weight excluding hydrogens is 378 g/mol. The summed E-state index contributed by atoms with van der Waals surface area (Å²) in [4.78, 5) is 20.5. The maximum absolute atomic E-state index is 11.1. The first kappa shape index (κ1) is 36.3. The van der Waals surface area contributed by atoms with E-state index in [2.05, 4.69) is 13.8 Å². The summed E-state index contributed by atoms with van der Waals surface area (Å²) in [5.41, 5.74) is 0. The third-order valence-corrected chi connectivity index (χ3v) is 4.49. The van der Waals surface area contributed by atoms with Crippen LogP contribution in [-0.4, -0.2) is 23.1 Å². The van der Waals surface area contributed by atoms with Crippen molar-refractivity contribution in [3.05, 3.63) is 0 Å². The van der Waals surface area contributed by atoms with Gasteiger partial charge in [0.1, 0.15) is 0 Å². The Hall–Kier alpha value is 0.900. The van der Waals surface area contributed by atoms with Crippen molar-refractivity contribution in [1.29, 1.82) is 0 Å². The average molecular weight is 419 g/mol. The van der Waals surface area contributed by atoms with Gasteiger partial charge in [-0.05, 0) is 25.7 Å². The molecule has 0 amide bonds. The molecule has 2 unspecified atom stereocenters. The molecule has 7 heteroatoms. The van der Waals surface area contributed by atoms with Gasteiger partial charge in [-0.25, -0.2) is 0 Å². The molecule has 0 spiro atoms. The van der Waals surface area contributed by atoms with Crippen LogP contribution in [0.3, 0.4) is 0 Å². The maximum Gasteiger partial charge on any atom is 1.00 e. The number of carbonyl (C=O) groups is 2. The smallest absolute Gasteiger partial charge is 0.550 e. The zero-order chi connectivity index (χ0) is 20.2. The fourth-order valence-corrected chi connectivity index (χ4v) is 2.72. The van der Waals surface area contributed by atoms with Crippen molar-refractivity contribution < 1.29 is 84.0 Å². The summed E-state index contributed by atoms with van der Waals surface area (Å²) in [7, 11) is 0. The van der Waals surface area contributed by atoms with E-state index in [-0.39, 0.29) is 65.0 Å². The quantitative estimate of drug-likeness (QED) is 0.212. The van der Waals surface area contributed by atoms with Crippen LogP contribution >= 0.6 is 0 Å². The summed E-state index contributed by atoms with van der Waals surface area (Å²) < 4.78 is 0. The first-order valence-corrected chi connectivity index (χ1v) is 10.5. The van der Waals surface area contributed by atoms with Crippen LogP contribution in [-0.2, 0) is 9.59 Å². The van der Waals surface area contributed by atoms with Crippen molar-refractivity contribution >= 4 is 11.9 Å². The van der Waals surface area contributed by atoms with Crippen molar-refractivity contribution in [3.63, 3.8) is 0 Å². The van der Waals surface area contributed by atoms with Gasteiger partial charge in [-0.15, -0.1) is 0 Å². The minimum absolute atomic E-state index is 0. The van der Waals surface area contributed by atoms with E-state index in [0.717, 1.165) is 32.6 Å². The number of carboxylic acids is 2. The van der Waals surface area contributed by atoms with Gasteiger partial charge in [0.25, 0.3) is 0 Å². The van der Waals surface area contributed by atoms with Gasteiger partial charge in [0.15, 0.2) is 0 Å². The van der Waals surface area contributed by atoms with Crippen molar-refractivity contribution in [2.75, 3.05) is 0 Å². The summed E-state index contributed by atoms with van der Waals surface area (Å²) in [6.45, 7) is 5.56. The van der Waals surface area contributed by atoms with Gasteiger partial charge in [0, 0.05) is 5.97 Å². The molecule has 0 heterocycles. The minimum atomic E-state index is -1.44. The number of aliphatic hydroxyl groups is 1. The van der Waals surface area contributed by atoms with Crippen LogP contribution < -0.4 is 69.3 Å². The molecule has 0 radical (unpaired) electrons. The number of carbonyl (C=O) groups excluding carboxylic acids is 2. The summed E-state index contributed by atoms with van der Waals surface area (Å²) in [5, 5.41) is 28.4. The summed E-state index contributed by atoms with van der Waals surface area (Å²) in [6, 6.07) is 0. The van der Waals surface area contributed by atoms with Crippen molar-refractivity contribution in [2.45, 2.75) is 117 Å². The topological polar surface area (TPSA) is 100 Å². The van der Waals surface area contributed by atoms with Crippen molar-refractivity contribution in [1.82, 2.24) is 0 Å². The van der Waals surface area contributed by atoms with Gasteiger partial charge in [-0.3, -0.25) is 0 Å². The van der Waals surface area contributed by atoms with Crippen LogP contribution in [0, 0.1) is 5.92 Å². The molecule has 156 valence electrons. The van der Waals surface area contributed by atoms with Crippen LogP contribution in [0.5, 0.6) is 0 Å². The number of hydrogen-bond acceptors (Lipinski definition) is 5. The molecular formula is C21H40Na2O5. The number of aliphatic carboxylic acids is 2. The predicted molar refractivity (Wildman–Crippen MR) is 101 cm³/mol. The van der Waals surface area contributed by atoms with Crippen LogP contribution in [0.1, 0.15) is 111 Å². The van der Waals surface area contributed by atoms with Gasteiger partial charge in [0.05, 0.1) is 12.1 Å². The van der Waals surface area contributed by atoms with E-state index in [1.54, 1.807) is 0 Å². The normalized spacial score (nSPS) is 11.9. The Bertz CT molecular complexity index is 339. The molecule has 0 aliphatic heterocycles. The van der Waals surface area contributed by atoms with Crippen LogP contribution in [0.25, 0.3) is 0 Å². The SMILES string of the molecule is CC(O)C(=O)[O-].CCCCCCCCCC(CCCCCCC)C(=O)[O-].[Na+].[Na+]. The van der Waals surface area contributed by atoms with E-state index < -0.39 is 18.0 Å². The molecule has 0 fully saturated rings. The number of hydrogen-bond donors (Lipinski definition) is 1. The van der Waals surface area contributed by atoms with Gasteiger partial charge >= 0.3 is 59.1 Å². The minimum Gasteiger partial charge on any atom is -0.550 e. The molecule has 0 saturated heterocycles. The molecule has 1 N–H and O–H groups in total. The Morgan fingerprint density at radius 1 is 0.679 bits per heavy atom. The van der Waals surface area contributed by atoms with Crippen LogP contribution in [0.4, 0.5) is 0 Å². The average Bonchev–Trinajstić information content (AvgIpc) is 2.59. The fourth-order valence-electron chi connectivity index (χ4n) is 2.72. The second-order valence-corrected chi connectivity index (χ2v) is 7.12. The first-order chi connectivity index (χ1) is 12.4. The van der Waals surface area contributed by atoms with E-state index in [0.29, 0.717) is 0 Å². The van der Waals surface area contributed by atoms with Gasteiger partial charge in [0.2, 0.25) is 0 Å². The summed E-state index contributed by atoms with van der Waals surface area (Å²) in [6.07, 6.45) is 15.0. The second-order valence-electron chi connectivity index (χ2n) is 7.12. The Morgan fingerprint density at radius 3 is 1.21 bits per heavy atom. The number of aliphatic hydroxyl groups excluding tert-OH is 1. The van der Waals surface area contributed by atoms with Crippen LogP contribution in [0.15, 0.2) is 0 Å². The molecule has 2 atom stereocenters. The van der Waals surface area contributed by atoms with E-state index in [1.807, 2.05) is 0 Å². The van der Waals surface area contributed by atoms with E-state index in [1.165, 1.54) is 64.2 Å². The largest absolute Gasteiger partial charge is 1.00 e. The van der Waals surface area contributed by atoms with Crippen LogP contribution in [0.2, 0.25) is 0 Å². The molecule has 0 aromatic rings. The molecule has 0 aromatic carbocycles. The molecule has 0 aliphatic rings. The first-order valence-electron chi connectivity index (χ1n) is 10.5. The van der Waals surface area contributed by atoms with E-state index in [9.17, 15) is 19.8 Å². The molecule has 0 bridgehead atoms. The third kappa shape index (κ3) is 29.1. The predicted octanol–water partition coefficient (Wildman–Crippen LogP) is -3.02. The number of unbranched alkanes of at least 4 members (excludes halogenated alkanes) is 10. The molecule has 0 aromatic heterocycles. The Morgan fingerprint density at radius 2 is 0.964 bits per heavy atom. The monoisotopic (exact) mass is 418 g/mol. The van der Waals surface area contributed by atoms with Crippen molar-refractivity contribution in [2.24, 2.45) is 5.92 Å². The fraction of sp³-hybridized carbons (Fsp3) is 0.905. The van der Waals surface area contributed by atoms with E-state index >= 15 is 0 Å². The molecule has 0 saturated carbocycles. The maximum atomic E-state index is 11.1. The third-order valence-electron chi connectivity index (χ3n) is 4.49. The zero-order valence-corrected chi connectivity index (χ0v) is 23.1. The molecule has 0 rings (SSSR count). The van der Waals surface area contributed by atoms with Crippen molar-refractivity contribution in [3.8, 4) is 0 Å². The second kappa shape index (κ2) is 27.9. The van der Waals surface area contributed by atoms with Gasteiger partial charge in [-0.2, -0.15) is 0 Å². The summed E-state index contributed by atoms with van der Waals surface area (Å²) >= 11 is 0. The zero-order valence-electron chi connectivity index (χ0n) is 19.1. The Kier molecular flexibility index (Phi) is 36.2. The molecule has 5 nitrogen and oxygen atoms in total. The Balaban J connectivity index is -0.000000312. The number of carboxylic acid groups (broad SMARTS) is 2.